The molecule has 3 heteroatoms. The van der Waals surface area contributed by atoms with Gasteiger partial charge in [-0.1, -0.05) is 6.07 Å². The molecule has 0 aliphatic carbocycles. The van der Waals surface area contributed by atoms with Crippen molar-refractivity contribution in [1.29, 1.82) is 0 Å². The Hall–Kier alpha value is -0.930. The Kier molecular flexibility index (Phi) is 3.39. The zero-order chi connectivity index (χ0) is 11.5. The number of nitrogens with one attached hydrogen (secondary N) is 1. The second-order valence-corrected chi connectivity index (χ2v) is 5.23. The summed E-state index contributed by atoms with van der Waals surface area (Å²) in [7, 11) is 0. The van der Waals surface area contributed by atoms with Crippen molar-refractivity contribution in [3.8, 4) is 0 Å². The van der Waals surface area contributed by atoms with Crippen molar-refractivity contribution in [2.45, 2.75) is 25.3 Å². The Balaban J connectivity index is 1.57. The highest BCUT2D eigenvalue weighted by Crippen LogP contribution is 2.26. The van der Waals surface area contributed by atoms with Gasteiger partial charge in [0.2, 0.25) is 0 Å². The van der Waals surface area contributed by atoms with Gasteiger partial charge in [-0.2, -0.15) is 0 Å². The third-order valence-corrected chi connectivity index (χ3v) is 4.17. The van der Waals surface area contributed by atoms with Crippen LogP contribution in [0.1, 0.15) is 18.5 Å². The van der Waals surface area contributed by atoms with Crippen LogP contribution in [0.3, 0.4) is 0 Å². The SMILES string of the molecule is c1ccc(CCN2CCCC3CNCC32)nc1. The highest BCUT2D eigenvalue weighted by Gasteiger charge is 2.34. The molecular formula is C14H21N3. The molecule has 1 N–H and O–H groups in total. The minimum atomic E-state index is 0.785. The normalized spacial score (nSPS) is 29.2. The maximum Gasteiger partial charge on any atom is 0.0416 e. The summed E-state index contributed by atoms with van der Waals surface area (Å²) in [5, 5.41) is 3.54. The Labute approximate surface area is 103 Å². The molecule has 0 spiro atoms. The van der Waals surface area contributed by atoms with E-state index in [-0.39, 0.29) is 0 Å². The van der Waals surface area contributed by atoms with Crippen molar-refractivity contribution in [3.63, 3.8) is 0 Å². The monoisotopic (exact) mass is 231 g/mol. The molecule has 0 amide bonds. The Bertz CT molecular complexity index is 352. The minimum absolute atomic E-state index is 0.785. The van der Waals surface area contributed by atoms with Gasteiger partial charge >= 0.3 is 0 Å². The molecule has 3 nitrogen and oxygen atoms in total. The Morgan fingerprint density at radius 3 is 3.24 bits per heavy atom. The number of rotatable bonds is 3. The first-order valence-electron chi connectivity index (χ1n) is 6.78. The van der Waals surface area contributed by atoms with Crippen molar-refractivity contribution in [2.75, 3.05) is 26.2 Å². The van der Waals surface area contributed by atoms with Crippen molar-refractivity contribution < 1.29 is 0 Å². The average Bonchev–Trinajstić information content (AvgIpc) is 2.86. The largest absolute Gasteiger partial charge is 0.315 e. The van der Waals surface area contributed by atoms with Crippen molar-refractivity contribution in [1.82, 2.24) is 15.2 Å². The third-order valence-electron chi connectivity index (χ3n) is 4.17. The Morgan fingerprint density at radius 2 is 2.35 bits per heavy atom. The number of hydrogen-bond acceptors (Lipinski definition) is 3. The molecule has 0 bridgehead atoms. The summed E-state index contributed by atoms with van der Waals surface area (Å²) < 4.78 is 0. The van der Waals surface area contributed by atoms with Crippen molar-refractivity contribution in [3.05, 3.63) is 30.1 Å². The van der Waals surface area contributed by atoms with E-state index in [1.54, 1.807) is 0 Å². The van der Waals surface area contributed by atoms with Crippen molar-refractivity contribution in [2.24, 2.45) is 5.92 Å². The van der Waals surface area contributed by atoms with Crippen LogP contribution in [0.4, 0.5) is 0 Å². The third kappa shape index (κ3) is 2.50. The van der Waals surface area contributed by atoms with Crippen LogP contribution < -0.4 is 5.32 Å². The summed E-state index contributed by atoms with van der Waals surface area (Å²) in [6.07, 6.45) is 5.76. The van der Waals surface area contributed by atoms with E-state index in [2.05, 4.69) is 27.3 Å². The van der Waals surface area contributed by atoms with E-state index in [1.807, 2.05) is 12.3 Å². The fourth-order valence-electron chi connectivity index (χ4n) is 3.25. The van der Waals surface area contributed by atoms with Crippen LogP contribution in [0.2, 0.25) is 0 Å². The second-order valence-electron chi connectivity index (χ2n) is 5.23. The molecule has 2 atom stereocenters. The first-order chi connectivity index (χ1) is 8.43. The molecule has 0 saturated carbocycles. The van der Waals surface area contributed by atoms with Gasteiger partial charge in [0.1, 0.15) is 0 Å². The van der Waals surface area contributed by atoms with Crippen LogP contribution in [0.5, 0.6) is 0 Å². The number of fused-ring (bicyclic) bond motifs is 1. The lowest BCUT2D eigenvalue weighted by Crippen LogP contribution is -2.45. The predicted molar refractivity (Wildman–Crippen MR) is 68.9 cm³/mol. The van der Waals surface area contributed by atoms with Gasteiger partial charge in [-0.3, -0.25) is 9.88 Å². The zero-order valence-electron chi connectivity index (χ0n) is 10.3. The molecule has 2 fully saturated rings. The lowest BCUT2D eigenvalue weighted by atomic mass is 9.92. The first-order valence-corrected chi connectivity index (χ1v) is 6.78. The van der Waals surface area contributed by atoms with Crippen LogP contribution in [-0.2, 0) is 6.42 Å². The lowest BCUT2D eigenvalue weighted by molar-refractivity contribution is 0.126. The fraction of sp³-hybridized carbons (Fsp3) is 0.643. The number of likely N-dealkylation sites (tertiary alicyclic amines) is 1. The summed E-state index contributed by atoms with van der Waals surface area (Å²) in [6.45, 7) is 4.85. The molecule has 2 aliphatic heterocycles. The molecule has 1 aromatic heterocycles. The van der Waals surface area contributed by atoms with Gasteiger partial charge < -0.3 is 5.32 Å². The quantitative estimate of drug-likeness (QED) is 0.850. The molecule has 1 aromatic rings. The summed E-state index contributed by atoms with van der Waals surface area (Å²) in [6, 6.07) is 6.99. The van der Waals surface area contributed by atoms with E-state index in [0.717, 1.165) is 18.4 Å². The summed E-state index contributed by atoms with van der Waals surface area (Å²) in [5.41, 5.74) is 1.22. The standard InChI is InChI=1S/C14H21N3/c1-2-7-16-13(5-1)6-9-17-8-3-4-12-10-15-11-14(12)17/h1-2,5,7,12,14-15H,3-4,6,8-11H2. The first kappa shape index (κ1) is 11.2. The summed E-state index contributed by atoms with van der Waals surface area (Å²) in [4.78, 5) is 7.08. The van der Waals surface area contributed by atoms with Crippen LogP contribution in [0.15, 0.2) is 24.4 Å². The van der Waals surface area contributed by atoms with E-state index in [9.17, 15) is 0 Å². The van der Waals surface area contributed by atoms with Gasteiger partial charge in [0.25, 0.3) is 0 Å². The van der Waals surface area contributed by atoms with E-state index in [4.69, 9.17) is 0 Å². The Morgan fingerprint density at radius 1 is 1.35 bits per heavy atom. The number of piperidine rings is 1. The summed E-state index contributed by atoms with van der Waals surface area (Å²) >= 11 is 0. The number of pyridine rings is 1. The van der Waals surface area contributed by atoms with E-state index >= 15 is 0 Å². The molecule has 3 heterocycles. The number of nitrogens with zero attached hydrogens (tertiary/aromatic N) is 2. The van der Waals surface area contributed by atoms with E-state index in [0.29, 0.717) is 0 Å². The summed E-state index contributed by atoms with van der Waals surface area (Å²) in [5.74, 6) is 0.896. The smallest absolute Gasteiger partial charge is 0.0416 e. The molecule has 2 saturated heterocycles. The molecule has 17 heavy (non-hydrogen) atoms. The van der Waals surface area contributed by atoms with E-state index in [1.165, 1.54) is 44.7 Å². The van der Waals surface area contributed by atoms with Gasteiger partial charge in [0.15, 0.2) is 0 Å². The van der Waals surface area contributed by atoms with Crippen LogP contribution >= 0.6 is 0 Å². The van der Waals surface area contributed by atoms with Gasteiger partial charge in [-0.05, 0) is 44.0 Å². The zero-order valence-corrected chi connectivity index (χ0v) is 10.3. The number of aromatic nitrogens is 1. The number of hydrogen-bond donors (Lipinski definition) is 1. The maximum absolute atomic E-state index is 4.41. The minimum Gasteiger partial charge on any atom is -0.315 e. The van der Waals surface area contributed by atoms with Gasteiger partial charge in [0.05, 0.1) is 0 Å². The van der Waals surface area contributed by atoms with Crippen LogP contribution in [0.25, 0.3) is 0 Å². The maximum atomic E-state index is 4.41. The predicted octanol–water partition coefficient (Wildman–Crippen LogP) is 1.31. The average molecular weight is 231 g/mol. The molecule has 0 aromatic carbocycles. The highest BCUT2D eigenvalue weighted by atomic mass is 15.2. The van der Waals surface area contributed by atoms with Gasteiger partial charge in [-0.25, -0.2) is 0 Å². The topological polar surface area (TPSA) is 28.2 Å². The molecule has 2 unspecified atom stereocenters. The highest BCUT2D eigenvalue weighted by molar-refractivity contribution is 5.04. The second kappa shape index (κ2) is 5.15. The lowest BCUT2D eigenvalue weighted by Gasteiger charge is -2.36. The van der Waals surface area contributed by atoms with Gasteiger partial charge in [-0.15, -0.1) is 0 Å². The molecule has 92 valence electrons. The van der Waals surface area contributed by atoms with Crippen molar-refractivity contribution >= 4 is 0 Å². The van der Waals surface area contributed by atoms with Gasteiger partial charge in [0, 0.05) is 37.4 Å². The molecule has 0 radical (unpaired) electrons. The van der Waals surface area contributed by atoms with Crippen LogP contribution in [0, 0.1) is 5.92 Å². The molecular weight excluding hydrogens is 210 g/mol. The molecule has 3 rings (SSSR count). The molecule has 2 aliphatic rings. The fourth-order valence-corrected chi connectivity index (χ4v) is 3.25. The van der Waals surface area contributed by atoms with E-state index < -0.39 is 0 Å². The van der Waals surface area contributed by atoms with Crippen LogP contribution in [-0.4, -0.2) is 42.1 Å².